The van der Waals surface area contributed by atoms with E-state index in [4.69, 9.17) is 4.74 Å². The van der Waals surface area contributed by atoms with Crippen LogP contribution in [0, 0.1) is 0 Å². The van der Waals surface area contributed by atoms with Crippen molar-refractivity contribution in [2.45, 2.75) is 65.7 Å². The second kappa shape index (κ2) is 12.9. The van der Waals surface area contributed by atoms with Crippen molar-refractivity contribution in [3.8, 4) is 0 Å². The van der Waals surface area contributed by atoms with Gasteiger partial charge < -0.3 is 9.64 Å². The first kappa shape index (κ1) is 17.4. The van der Waals surface area contributed by atoms with E-state index in [-0.39, 0.29) is 5.91 Å². The average molecular weight is 257 g/mol. The molecule has 0 radical (unpaired) electrons. The lowest BCUT2D eigenvalue weighted by atomic mass is 10.2. The minimum Gasteiger partial charge on any atom is -0.381 e. The number of hydrogen-bond acceptors (Lipinski definition) is 2. The highest BCUT2D eigenvalue weighted by Gasteiger charge is 2.10. The predicted octanol–water partition coefficient (Wildman–Crippen LogP) is 3.62. The summed E-state index contributed by atoms with van der Waals surface area (Å²) in [7, 11) is 0. The molecule has 108 valence electrons. The first-order valence-corrected chi connectivity index (χ1v) is 7.61. The average Bonchev–Trinajstić information content (AvgIpc) is 2.37. The van der Waals surface area contributed by atoms with Gasteiger partial charge in [-0.1, -0.05) is 40.0 Å². The zero-order chi connectivity index (χ0) is 13.6. The van der Waals surface area contributed by atoms with Crippen LogP contribution in [-0.2, 0) is 9.53 Å². The maximum absolute atomic E-state index is 11.9. The molecule has 0 aliphatic carbocycles. The molecule has 1 amide bonds. The lowest BCUT2D eigenvalue weighted by Gasteiger charge is -2.21. The fraction of sp³-hybridized carbons (Fsp3) is 0.933. The highest BCUT2D eigenvalue weighted by molar-refractivity contribution is 5.76. The molecular formula is C15H31NO2. The molecule has 0 aromatic carbocycles. The summed E-state index contributed by atoms with van der Waals surface area (Å²) in [6.45, 7) is 9.56. The summed E-state index contributed by atoms with van der Waals surface area (Å²) in [5, 5.41) is 0. The normalized spacial score (nSPS) is 10.6. The van der Waals surface area contributed by atoms with Gasteiger partial charge in [-0.3, -0.25) is 4.79 Å². The Hall–Kier alpha value is -0.570. The number of amides is 1. The van der Waals surface area contributed by atoms with Gasteiger partial charge in [0.05, 0.1) is 13.0 Å². The second-order valence-corrected chi connectivity index (χ2v) is 4.80. The van der Waals surface area contributed by atoms with E-state index in [9.17, 15) is 4.79 Å². The number of carbonyl (C=O) groups is 1. The van der Waals surface area contributed by atoms with Gasteiger partial charge in [0.1, 0.15) is 0 Å². The van der Waals surface area contributed by atoms with E-state index in [1.165, 1.54) is 19.3 Å². The van der Waals surface area contributed by atoms with Crippen LogP contribution in [-0.4, -0.2) is 37.1 Å². The van der Waals surface area contributed by atoms with E-state index < -0.39 is 0 Å². The van der Waals surface area contributed by atoms with Crippen LogP contribution in [0.2, 0.25) is 0 Å². The molecular weight excluding hydrogens is 226 g/mol. The van der Waals surface area contributed by atoms with Crippen molar-refractivity contribution in [3.05, 3.63) is 0 Å². The molecule has 0 atom stereocenters. The smallest absolute Gasteiger partial charge is 0.224 e. The molecule has 0 fully saturated rings. The predicted molar refractivity (Wildman–Crippen MR) is 76.7 cm³/mol. The Kier molecular flexibility index (Phi) is 12.5. The standard InChI is InChI=1S/C15H31NO2/c1-4-7-8-9-13-18-14-10-15(17)16(11-5-2)12-6-3/h4-14H2,1-3H3. The summed E-state index contributed by atoms with van der Waals surface area (Å²) in [6.07, 6.45) is 7.49. The molecule has 0 spiro atoms. The van der Waals surface area contributed by atoms with Crippen LogP contribution in [0.25, 0.3) is 0 Å². The van der Waals surface area contributed by atoms with E-state index in [0.717, 1.165) is 39.0 Å². The Morgan fingerprint density at radius 1 is 0.889 bits per heavy atom. The fourth-order valence-corrected chi connectivity index (χ4v) is 1.95. The summed E-state index contributed by atoms with van der Waals surface area (Å²) in [5.74, 6) is 0.243. The van der Waals surface area contributed by atoms with Gasteiger partial charge in [-0.2, -0.15) is 0 Å². The fourth-order valence-electron chi connectivity index (χ4n) is 1.95. The van der Waals surface area contributed by atoms with E-state index in [1.807, 2.05) is 4.90 Å². The minimum atomic E-state index is 0.243. The summed E-state index contributed by atoms with van der Waals surface area (Å²) < 4.78 is 5.51. The number of nitrogens with zero attached hydrogens (tertiary/aromatic N) is 1. The van der Waals surface area contributed by atoms with Crippen molar-refractivity contribution in [1.29, 1.82) is 0 Å². The molecule has 18 heavy (non-hydrogen) atoms. The molecule has 0 saturated carbocycles. The van der Waals surface area contributed by atoms with Crippen LogP contribution in [0.5, 0.6) is 0 Å². The van der Waals surface area contributed by atoms with Crippen LogP contribution in [0.1, 0.15) is 65.7 Å². The zero-order valence-corrected chi connectivity index (χ0v) is 12.5. The Morgan fingerprint density at radius 3 is 2.11 bits per heavy atom. The van der Waals surface area contributed by atoms with Crippen molar-refractivity contribution in [2.24, 2.45) is 0 Å². The number of carbonyl (C=O) groups excluding carboxylic acids is 1. The Morgan fingerprint density at radius 2 is 1.56 bits per heavy atom. The molecule has 0 aliphatic rings. The molecule has 3 heteroatoms. The topological polar surface area (TPSA) is 29.5 Å². The molecule has 3 nitrogen and oxygen atoms in total. The van der Waals surface area contributed by atoms with Crippen LogP contribution < -0.4 is 0 Å². The van der Waals surface area contributed by atoms with Crippen molar-refractivity contribution < 1.29 is 9.53 Å². The minimum absolute atomic E-state index is 0.243. The summed E-state index contributed by atoms with van der Waals surface area (Å²) in [4.78, 5) is 13.9. The highest BCUT2D eigenvalue weighted by Crippen LogP contribution is 2.01. The third-order valence-electron chi connectivity index (χ3n) is 2.94. The Bertz CT molecular complexity index is 189. The molecule has 0 aromatic rings. The molecule has 0 aromatic heterocycles. The third kappa shape index (κ3) is 9.46. The molecule has 0 bridgehead atoms. The first-order valence-electron chi connectivity index (χ1n) is 7.61. The monoisotopic (exact) mass is 257 g/mol. The van der Waals surface area contributed by atoms with E-state index in [1.54, 1.807) is 0 Å². The van der Waals surface area contributed by atoms with Crippen LogP contribution in [0.15, 0.2) is 0 Å². The number of unbranched alkanes of at least 4 members (excludes halogenated alkanes) is 3. The Labute approximate surface area is 113 Å². The quantitative estimate of drug-likeness (QED) is 0.500. The van der Waals surface area contributed by atoms with Gasteiger partial charge in [0.2, 0.25) is 5.91 Å². The van der Waals surface area contributed by atoms with Crippen LogP contribution in [0.4, 0.5) is 0 Å². The number of ether oxygens (including phenoxy) is 1. The van der Waals surface area contributed by atoms with Gasteiger partial charge in [-0.15, -0.1) is 0 Å². The molecule has 0 aliphatic heterocycles. The lowest BCUT2D eigenvalue weighted by molar-refractivity contribution is -0.132. The Balaban J connectivity index is 3.54. The SMILES string of the molecule is CCCCCCOCCC(=O)N(CCC)CCC. The molecule has 0 saturated heterocycles. The molecule has 0 unspecified atom stereocenters. The van der Waals surface area contributed by atoms with E-state index in [0.29, 0.717) is 13.0 Å². The van der Waals surface area contributed by atoms with Gasteiger partial charge in [-0.05, 0) is 19.3 Å². The molecule has 0 rings (SSSR count). The highest BCUT2D eigenvalue weighted by atomic mass is 16.5. The number of hydrogen-bond donors (Lipinski definition) is 0. The van der Waals surface area contributed by atoms with Gasteiger partial charge in [0.25, 0.3) is 0 Å². The van der Waals surface area contributed by atoms with Gasteiger partial charge in [0.15, 0.2) is 0 Å². The summed E-state index contributed by atoms with van der Waals surface area (Å²) in [5.41, 5.74) is 0. The van der Waals surface area contributed by atoms with Gasteiger partial charge in [0, 0.05) is 19.7 Å². The molecule has 0 N–H and O–H groups in total. The van der Waals surface area contributed by atoms with Crippen molar-refractivity contribution in [1.82, 2.24) is 4.90 Å². The zero-order valence-electron chi connectivity index (χ0n) is 12.5. The second-order valence-electron chi connectivity index (χ2n) is 4.80. The van der Waals surface area contributed by atoms with E-state index >= 15 is 0 Å². The maximum atomic E-state index is 11.9. The van der Waals surface area contributed by atoms with Crippen molar-refractivity contribution in [3.63, 3.8) is 0 Å². The van der Waals surface area contributed by atoms with Crippen molar-refractivity contribution in [2.75, 3.05) is 26.3 Å². The maximum Gasteiger partial charge on any atom is 0.224 e. The van der Waals surface area contributed by atoms with Gasteiger partial charge >= 0.3 is 0 Å². The number of rotatable bonds is 12. The summed E-state index contributed by atoms with van der Waals surface area (Å²) in [6, 6.07) is 0. The summed E-state index contributed by atoms with van der Waals surface area (Å²) >= 11 is 0. The lowest BCUT2D eigenvalue weighted by Crippen LogP contribution is -2.33. The van der Waals surface area contributed by atoms with Crippen LogP contribution >= 0.6 is 0 Å². The van der Waals surface area contributed by atoms with Crippen molar-refractivity contribution >= 4 is 5.91 Å². The third-order valence-corrected chi connectivity index (χ3v) is 2.94. The van der Waals surface area contributed by atoms with Crippen LogP contribution in [0.3, 0.4) is 0 Å². The first-order chi connectivity index (χ1) is 8.76. The largest absolute Gasteiger partial charge is 0.381 e. The van der Waals surface area contributed by atoms with Gasteiger partial charge in [-0.25, -0.2) is 0 Å². The van der Waals surface area contributed by atoms with E-state index in [2.05, 4.69) is 20.8 Å². The molecule has 0 heterocycles.